The number of nitrogens with zero attached hydrogens (tertiary/aromatic N) is 2. The molecule has 1 unspecified atom stereocenters. The fourth-order valence-corrected chi connectivity index (χ4v) is 3.47. The van der Waals surface area contributed by atoms with Gasteiger partial charge in [-0.05, 0) is 43.0 Å². The molecular formula is C21H27N3O4. The first-order chi connectivity index (χ1) is 13.6. The van der Waals surface area contributed by atoms with E-state index in [0.717, 1.165) is 24.1 Å². The average molecular weight is 385 g/mol. The molecule has 0 aliphatic heterocycles. The Labute approximate surface area is 164 Å². The van der Waals surface area contributed by atoms with E-state index < -0.39 is 12.1 Å². The zero-order chi connectivity index (χ0) is 19.9. The second-order valence-electron chi connectivity index (χ2n) is 7.13. The molecule has 0 radical (unpaired) electrons. The van der Waals surface area contributed by atoms with Crippen LogP contribution in [-0.4, -0.2) is 39.0 Å². The van der Waals surface area contributed by atoms with Crippen LogP contribution in [0.15, 0.2) is 36.5 Å². The molecule has 1 atom stereocenters. The van der Waals surface area contributed by atoms with Crippen LogP contribution in [0.3, 0.4) is 0 Å². The Hall–Kier alpha value is -2.67. The van der Waals surface area contributed by atoms with E-state index in [9.17, 15) is 9.59 Å². The van der Waals surface area contributed by atoms with Crippen LogP contribution in [0.2, 0.25) is 0 Å². The molecule has 1 heterocycles. The number of aromatic nitrogens is 2. The zero-order valence-corrected chi connectivity index (χ0v) is 16.1. The van der Waals surface area contributed by atoms with Crippen molar-refractivity contribution in [2.75, 3.05) is 0 Å². The van der Waals surface area contributed by atoms with Crippen LogP contribution in [0.4, 0.5) is 0 Å². The molecule has 0 saturated heterocycles. The highest BCUT2D eigenvalue weighted by atomic mass is 16.5. The Bertz CT molecular complexity index is 811. The monoisotopic (exact) mass is 385 g/mol. The smallest absolute Gasteiger partial charge is 0.356 e. The molecule has 150 valence electrons. The lowest BCUT2D eigenvalue weighted by Crippen LogP contribution is -2.38. The SMILES string of the molecule is CCC(OC1CCCCC1)C(=O)NCc1cccc(-n2ccc(C(=O)O)n2)c1. The summed E-state index contributed by atoms with van der Waals surface area (Å²) in [6, 6.07) is 8.93. The van der Waals surface area contributed by atoms with Gasteiger partial charge in [-0.1, -0.05) is 38.3 Å². The normalized spacial score (nSPS) is 15.9. The minimum absolute atomic E-state index is 0.00986. The molecule has 0 spiro atoms. The van der Waals surface area contributed by atoms with Crippen molar-refractivity contribution in [3.63, 3.8) is 0 Å². The molecular weight excluding hydrogens is 358 g/mol. The van der Waals surface area contributed by atoms with Crippen LogP contribution in [0.1, 0.15) is 61.5 Å². The molecule has 7 heteroatoms. The van der Waals surface area contributed by atoms with Crippen LogP contribution in [0.25, 0.3) is 5.69 Å². The van der Waals surface area contributed by atoms with E-state index >= 15 is 0 Å². The van der Waals surface area contributed by atoms with Gasteiger partial charge in [0, 0.05) is 12.7 Å². The maximum Gasteiger partial charge on any atom is 0.356 e. The molecule has 28 heavy (non-hydrogen) atoms. The number of amides is 1. The third-order valence-corrected chi connectivity index (χ3v) is 5.02. The van der Waals surface area contributed by atoms with Crippen molar-refractivity contribution in [1.82, 2.24) is 15.1 Å². The number of hydrogen-bond donors (Lipinski definition) is 2. The van der Waals surface area contributed by atoms with Gasteiger partial charge in [0.15, 0.2) is 5.69 Å². The molecule has 1 fully saturated rings. The van der Waals surface area contributed by atoms with Crippen molar-refractivity contribution < 1.29 is 19.4 Å². The highest BCUT2D eigenvalue weighted by Gasteiger charge is 2.23. The van der Waals surface area contributed by atoms with Gasteiger partial charge >= 0.3 is 5.97 Å². The number of carboxylic acids is 1. The van der Waals surface area contributed by atoms with Crippen molar-refractivity contribution in [3.05, 3.63) is 47.8 Å². The van der Waals surface area contributed by atoms with Gasteiger partial charge in [0.05, 0.1) is 11.8 Å². The van der Waals surface area contributed by atoms with E-state index in [0.29, 0.717) is 13.0 Å². The molecule has 1 saturated carbocycles. The third kappa shape index (κ3) is 5.19. The Morgan fingerprint density at radius 3 is 2.75 bits per heavy atom. The molecule has 2 N–H and O–H groups in total. The minimum atomic E-state index is -1.06. The quantitative estimate of drug-likeness (QED) is 0.727. The van der Waals surface area contributed by atoms with Crippen LogP contribution in [0, 0.1) is 0 Å². The van der Waals surface area contributed by atoms with Gasteiger partial charge in [0.25, 0.3) is 0 Å². The molecule has 2 aromatic rings. The first-order valence-electron chi connectivity index (χ1n) is 9.88. The van der Waals surface area contributed by atoms with Gasteiger partial charge in [0.1, 0.15) is 6.10 Å². The van der Waals surface area contributed by atoms with E-state index in [1.54, 1.807) is 6.20 Å². The lowest BCUT2D eigenvalue weighted by Gasteiger charge is -2.26. The third-order valence-electron chi connectivity index (χ3n) is 5.02. The summed E-state index contributed by atoms with van der Waals surface area (Å²) in [5.41, 5.74) is 1.64. The van der Waals surface area contributed by atoms with Crippen LogP contribution in [-0.2, 0) is 16.1 Å². The summed E-state index contributed by atoms with van der Waals surface area (Å²) < 4.78 is 7.54. The first kappa shape index (κ1) is 20.1. The molecule has 1 aliphatic rings. The zero-order valence-electron chi connectivity index (χ0n) is 16.1. The number of carbonyl (C=O) groups is 2. The number of aromatic carboxylic acids is 1. The Balaban J connectivity index is 1.58. The lowest BCUT2D eigenvalue weighted by atomic mass is 9.97. The van der Waals surface area contributed by atoms with Crippen molar-refractivity contribution in [1.29, 1.82) is 0 Å². The molecule has 1 aromatic carbocycles. The van der Waals surface area contributed by atoms with Crippen LogP contribution < -0.4 is 5.32 Å². The Morgan fingerprint density at radius 1 is 1.29 bits per heavy atom. The van der Waals surface area contributed by atoms with E-state index in [1.165, 1.54) is 30.0 Å². The minimum Gasteiger partial charge on any atom is -0.476 e. The number of rotatable bonds is 8. The van der Waals surface area contributed by atoms with Gasteiger partial charge in [-0.15, -0.1) is 0 Å². The van der Waals surface area contributed by atoms with Crippen molar-refractivity contribution in [3.8, 4) is 5.69 Å². The van der Waals surface area contributed by atoms with Gasteiger partial charge in [-0.3, -0.25) is 4.79 Å². The summed E-state index contributed by atoms with van der Waals surface area (Å²) in [5.74, 6) is -1.16. The molecule has 3 rings (SSSR count). The van der Waals surface area contributed by atoms with E-state index in [4.69, 9.17) is 9.84 Å². The topological polar surface area (TPSA) is 93.5 Å². The summed E-state index contributed by atoms with van der Waals surface area (Å²) in [6.07, 6.45) is 7.69. The molecule has 7 nitrogen and oxygen atoms in total. The number of ether oxygens (including phenoxy) is 1. The second-order valence-corrected chi connectivity index (χ2v) is 7.13. The summed E-state index contributed by atoms with van der Waals surface area (Å²) >= 11 is 0. The van der Waals surface area contributed by atoms with E-state index in [-0.39, 0.29) is 17.7 Å². The fourth-order valence-electron chi connectivity index (χ4n) is 3.47. The predicted octanol–water partition coefficient (Wildman–Crippen LogP) is 3.31. The summed E-state index contributed by atoms with van der Waals surface area (Å²) in [7, 11) is 0. The first-order valence-corrected chi connectivity index (χ1v) is 9.88. The van der Waals surface area contributed by atoms with Gasteiger partial charge in [-0.25, -0.2) is 9.48 Å². The maximum atomic E-state index is 12.5. The standard InChI is InChI=1S/C21H27N3O4/c1-2-19(28-17-9-4-3-5-10-17)20(25)22-14-15-7-6-8-16(13-15)24-12-11-18(23-24)21(26)27/h6-8,11-13,17,19H,2-5,9-10,14H2,1H3,(H,22,25)(H,26,27). The summed E-state index contributed by atoms with van der Waals surface area (Å²) in [4.78, 5) is 23.5. The number of benzene rings is 1. The van der Waals surface area contributed by atoms with E-state index in [1.807, 2.05) is 31.2 Å². The van der Waals surface area contributed by atoms with Crippen molar-refractivity contribution in [2.24, 2.45) is 0 Å². The maximum absolute atomic E-state index is 12.5. The van der Waals surface area contributed by atoms with Gasteiger partial charge in [0.2, 0.25) is 5.91 Å². The van der Waals surface area contributed by atoms with Crippen LogP contribution >= 0.6 is 0 Å². The van der Waals surface area contributed by atoms with Crippen molar-refractivity contribution >= 4 is 11.9 Å². The predicted molar refractivity (Wildman–Crippen MR) is 104 cm³/mol. The lowest BCUT2D eigenvalue weighted by molar-refractivity contribution is -0.138. The highest BCUT2D eigenvalue weighted by Crippen LogP contribution is 2.22. The second kappa shape index (κ2) is 9.50. The van der Waals surface area contributed by atoms with Gasteiger partial charge < -0.3 is 15.2 Å². The largest absolute Gasteiger partial charge is 0.476 e. The fraction of sp³-hybridized carbons (Fsp3) is 0.476. The number of carboxylic acid groups (broad SMARTS) is 1. The van der Waals surface area contributed by atoms with Crippen molar-refractivity contribution in [2.45, 2.75) is 64.2 Å². The summed E-state index contributed by atoms with van der Waals surface area (Å²) in [6.45, 7) is 2.34. The Morgan fingerprint density at radius 2 is 2.07 bits per heavy atom. The number of carbonyl (C=O) groups excluding carboxylic acids is 1. The number of hydrogen-bond acceptors (Lipinski definition) is 4. The summed E-state index contributed by atoms with van der Waals surface area (Å²) in [5, 5.41) is 16.0. The molecule has 1 aliphatic carbocycles. The van der Waals surface area contributed by atoms with Crippen LogP contribution in [0.5, 0.6) is 0 Å². The Kier molecular flexibility index (Phi) is 6.81. The van der Waals surface area contributed by atoms with Gasteiger partial charge in [-0.2, -0.15) is 5.10 Å². The van der Waals surface area contributed by atoms with E-state index in [2.05, 4.69) is 10.4 Å². The average Bonchev–Trinajstić information content (AvgIpc) is 3.22. The molecule has 1 aromatic heterocycles. The molecule has 0 bridgehead atoms. The highest BCUT2D eigenvalue weighted by molar-refractivity contribution is 5.85. The number of nitrogens with one attached hydrogen (secondary N) is 1. The molecule has 1 amide bonds.